The molecule has 1 atom stereocenters. The van der Waals surface area contributed by atoms with Crippen LogP contribution in [-0.2, 0) is 7.05 Å². The summed E-state index contributed by atoms with van der Waals surface area (Å²) >= 11 is 0. The number of rotatable bonds is 4. The van der Waals surface area contributed by atoms with E-state index in [-0.39, 0.29) is 18.2 Å². The van der Waals surface area contributed by atoms with Crippen LogP contribution >= 0.6 is 0 Å². The lowest BCUT2D eigenvalue weighted by Gasteiger charge is -2.27. The molecule has 0 fully saturated rings. The highest BCUT2D eigenvalue weighted by atomic mass is 16.3. The number of benzene rings is 1. The van der Waals surface area contributed by atoms with Crippen LogP contribution in [0.4, 0.5) is 0 Å². The molecule has 98 valence electrons. The maximum Gasteiger partial charge on any atom is 0.126 e. The molecule has 0 aliphatic rings. The van der Waals surface area contributed by atoms with Crippen molar-refractivity contribution < 1.29 is 5.11 Å². The molecule has 4 nitrogen and oxygen atoms in total. The van der Waals surface area contributed by atoms with Crippen LogP contribution in [-0.4, -0.2) is 26.8 Å². The van der Waals surface area contributed by atoms with E-state index in [1.807, 2.05) is 39.1 Å². The summed E-state index contributed by atoms with van der Waals surface area (Å²) in [5.41, 5.74) is 1.82. The lowest BCUT2D eigenvalue weighted by atomic mass is 10.1. The molecular formula is C14H21N3O. The smallest absolute Gasteiger partial charge is 0.126 e. The van der Waals surface area contributed by atoms with Crippen molar-refractivity contribution in [1.82, 2.24) is 14.9 Å². The topological polar surface area (TPSA) is 50.1 Å². The highest BCUT2D eigenvalue weighted by Crippen LogP contribution is 2.20. The highest BCUT2D eigenvalue weighted by molar-refractivity contribution is 5.75. The number of nitrogens with one attached hydrogen (secondary N) is 1. The molecule has 4 heteroatoms. The van der Waals surface area contributed by atoms with Gasteiger partial charge in [0.15, 0.2) is 0 Å². The number of aromatic nitrogens is 2. The molecule has 1 aromatic heterocycles. The number of aryl methyl sites for hydroxylation is 1. The van der Waals surface area contributed by atoms with Crippen LogP contribution in [0.15, 0.2) is 24.3 Å². The summed E-state index contributed by atoms with van der Waals surface area (Å²) in [6, 6.07) is 8.18. The van der Waals surface area contributed by atoms with Gasteiger partial charge in [-0.05, 0) is 32.9 Å². The number of fused-ring (bicyclic) bond motifs is 1. The van der Waals surface area contributed by atoms with Gasteiger partial charge in [-0.3, -0.25) is 0 Å². The molecule has 2 aromatic rings. The van der Waals surface area contributed by atoms with E-state index in [2.05, 4.69) is 27.9 Å². The van der Waals surface area contributed by atoms with Gasteiger partial charge in [-0.15, -0.1) is 0 Å². The molecule has 18 heavy (non-hydrogen) atoms. The minimum Gasteiger partial charge on any atom is -0.394 e. The molecule has 2 N–H and O–H groups in total. The second-order valence-electron chi connectivity index (χ2n) is 5.43. The SMILES string of the molecule is CC(NC(C)(C)CO)c1nc2ccccc2n1C. The number of para-hydroxylation sites is 2. The van der Waals surface area contributed by atoms with Crippen molar-refractivity contribution in [3.05, 3.63) is 30.1 Å². The molecule has 0 radical (unpaired) electrons. The molecule has 1 aromatic carbocycles. The molecule has 0 aliphatic carbocycles. The van der Waals surface area contributed by atoms with Crippen molar-refractivity contribution in [2.75, 3.05) is 6.61 Å². The Labute approximate surface area is 108 Å². The Balaban J connectivity index is 2.33. The van der Waals surface area contributed by atoms with E-state index in [4.69, 9.17) is 0 Å². The normalized spacial score (nSPS) is 14.1. The van der Waals surface area contributed by atoms with Crippen molar-refractivity contribution in [3.8, 4) is 0 Å². The van der Waals surface area contributed by atoms with Gasteiger partial charge in [0.25, 0.3) is 0 Å². The van der Waals surface area contributed by atoms with E-state index < -0.39 is 0 Å². The first-order chi connectivity index (χ1) is 8.44. The van der Waals surface area contributed by atoms with Crippen molar-refractivity contribution in [2.24, 2.45) is 7.05 Å². The third-order valence-electron chi connectivity index (χ3n) is 3.21. The zero-order valence-electron chi connectivity index (χ0n) is 11.4. The van der Waals surface area contributed by atoms with Gasteiger partial charge < -0.3 is 15.0 Å². The second-order valence-corrected chi connectivity index (χ2v) is 5.43. The summed E-state index contributed by atoms with van der Waals surface area (Å²) in [4.78, 5) is 4.65. The first-order valence-electron chi connectivity index (χ1n) is 6.24. The molecule has 0 spiro atoms. The van der Waals surface area contributed by atoms with E-state index in [9.17, 15) is 5.11 Å². The molecule has 0 aliphatic heterocycles. The molecule has 2 rings (SSSR count). The number of aliphatic hydroxyl groups excluding tert-OH is 1. The second kappa shape index (κ2) is 4.71. The first kappa shape index (κ1) is 13.1. The fraction of sp³-hybridized carbons (Fsp3) is 0.500. The van der Waals surface area contributed by atoms with Crippen LogP contribution in [0.25, 0.3) is 11.0 Å². The maximum absolute atomic E-state index is 9.31. The minimum absolute atomic E-state index is 0.0875. The van der Waals surface area contributed by atoms with Crippen molar-refractivity contribution in [2.45, 2.75) is 32.4 Å². The Kier molecular flexibility index (Phi) is 3.41. The third-order valence-corrected chi connectivity index (χ3v) is 3.21. The summed E-state index contributed by atoms with van der Waals surface area (Å²) in [6.45, 7) is 6.12. The minimum atomic E-state index is -0.308. The zero-order chi connectivity index (χ0) is 13.3. The van der Waals surface area contributed by atoms with Crippen LogP contribution in [0.3, 0.4) is 0 Å². The van der Waals surface area contributed by atoms with E-state index >= 15 is 0 Å². The van der Waals surface area contributed by atoms with Gasteiger partial charge >= 0.3 is 0 Å². The molecule has 1 heterocycles. The Morgan fingerprint density at radius 2 is 2.06 bits per heavy atom. The van der Waals surface area contributed by atoms with Gasteiger partial charge in [0.1, 0.15) is 5.82 Å². The summed E-state index contributed by atoms with van der Waals surface area (Å²) < 4.78 is 2.10. The number of imidazole rings is 1. The average molecular weight is 247 g/mol. The van der Waals surface area contributed by atoms with Crippen LogP contribution in [0.5, 0.6) is 0 Å². The zero-order valence-corrected chi connectivity index (χ0v) is 11.4. The number of aliphatic hydroxyl groups is 1. The van der Waals surface area contributed by atoms with E-state index in [0.29, 0.717) is 0 Å². The standard InChI is InChI=1S/C14H21N3O/c1-10(16-14(2,3)9-18)13-15-11-7-5-6-8-12(11)17(13)4/h5-8,10,16,18H,9H2,1-4H3. The maximum atomic E-state index is 9.31. The van der Waals surface area contributed by atoms with Gasteiger partial charge in [0, 0.05) is 12.6 Å². The van der Waals surface area contributed by atoms with E-state index in [1.165, 1.54) is 0 Å². The Hall–Kier alpha value is -1.39. The van der Waals surface area contributed by atoms with Gasteiger partial charge in [0.2, 0.25) is 0 Å². The lowest BCUT2D eigenvalue weighted by molar-refractivity contribution is 0.176. The molecule has 0 bridgehead atoms. The van der Waals surface area contributed by atoms with E-state index in [1.54, 1.807) is 0 Å². The first-order valence-corrected chi connectivity index (χ1v) is 6.24. The summed E-state index contributed by atoms with van der Waals surface area (Å²) in [6.07, 6.45) is 0. The molecule has 0 amide bonds. The summed E-state index contributed by atoms with van der Waals surface area (Å²) in [7, 11) is 2.02. The highest BCUT2D eigenvalue weighted by Gasteiger charge is 2.22. The summed E-state index contributed by atoms with van der Waals surface area (Å²) in [5, 5.41) is 12.7. The quantitative estimate of drug-likeness (QED) is 0.868. The van der Waals surface area contributed by atoms with Crippen LogP contribution in [0.2, 0.25) is 0 Å². The monoisotopic (exact) mass is 247 g/mol. The molecule has 0 saturated heterocycles. The molecule has 1 unspecified atom stereocenters. The average Bonchev–Trinajstić information content (AvgIpc) is 2.67. The molecule has 0 saturated carbocycles. The van der Waals surface area contributed by atoms with Gasteiger partial charge in [-0.25, -0.2) is 4.98 Å². The third kappa shape index (κ3) is 2.40. The van der Waals surface area contributed by atoms with Crippen molar-refractivity contribution >= 4 is 11.0 Å². The molecular weight excluding hydrogens is 226 g/mol. The van der Waals surface area contributed by atoms with Crippen molar-refractivity contribution in [1.29, 1.82) is 0 Å². The van der Waals surface area contributed by atoms with Crippen molar-refractivity contribution in [3.63, 3.8) is 0 Å². The fourth-order valence-corrected chi connectivity index (χ4v) is 2.25. The van der Waals surface area contributed by atoms with Crippen LogP contribution in [0, 0.1) is 0 Å². The Bertz CT molecular complexity index is 545. The fourth-order valence-electron chi connectivity index (χ4n) is 2.25. The largest absolute Gasteiger partial charge is 0.394 e. The number of hydrogen-bond acceptors (Lipinski definition) is 3. The van der Waals surface area contributed by atoms with Gasteiger partial charge in [-0.2, -0.15) is 0 Å². The van der Waals surface area contributed by atoms with Crippen LogP contribution < -0.4 is 5.32 Å². The number of hydrogen-bond donors (Lipinski definition) is 2. The number of nitrogens with zero attached hydrogens (tertiary/aromatic N) is 2. The van der Waals surface area contributed by atoms with Gasteiger partial charge in [0.05, 0.1) is 23.7 Å². The Morgan fingerprint density at radius 3 is 2.67 bits per heavy atom. The Morgan fingerprint density at radius 1 is 1.39 bits per heavy atom. The van der Waals surface area contributed by atoms with Gasteiger partial charge in [-0.1, -0.05) is 12.1 Å². The lowest BCUT2D eigenvalue weighted by Crippen LogP contribution is -2.44. The van der Waals surface area contributed by atoms with Crippen LogP contribution in [0.1, 0.15) is 32.6 Å². The predicted octanol–water partition coefficient (Wildman–Crippen LogP) is 1.99. The van der Waals surface area contributed by atoms with E-state index in [0.717, 1.165) is 16.9 Å². The predicted molar refractivity (Wildman–Crippen MR) is 73.4 cm³/mol. The summed E-state index contributed by atoms with van der Waals surface area (Å²) in [5.74, 6) is 0.984.